The van der Waals surface area contributed by atoms with Crippen LogP contribution in [0.1, 0.15) is 27.2 Å². The summed E-state index contributed by atoms with van der Waals surface area (Å²) >= 11 is 0. The second kappa shape index (κ2) is 5.61. The van der Waals surface area contributed by atoms with Gasteiger partial charge in [0.05, 0.1) is 13.7 Å². The van der Waals surface area contributed by atoms with E-state index in [0.29, 0.717) is 0 Å². The number of esters is 1. The van der Waals surface area contributed by atoms with Gasteiger partial charge in [-0.1, -0.05) is 26.8 Å². The van der Waals surface area contributed by atoms with E-state index in [1.165, 1.54) is 7.11 Å². The van der Waals surface area contributed by atoms with Crippen molar-refractivity contribution in [2.75, 3.05) is 13.7 Å². The fourth-order valence-corrected chi connectivity index (χ4v) is 1.67. The van der Waals surface area contributed by atoms with Crippen LogP contribution in [0.2, 0.25) is 0 Å². The lowest BCUT2D eigenvalue weighted by Crippen LogP contribution is -2.48. The van der Waals surface area contributed by atoms with Gasteiger partial charge < -0.3 is 19.5 Å². The van der Waals surface area contributed by atoms with Gasteiger partial charge in [-0.25, -0.2) is 9.59 Å². The molecule has 0 radical (unpaired) electrons. The zero-order valence-electron chi connectivity index (χ0n) is 11.8. The maximum atomic E-state index is 12.1. The number of carbonyl (C=O) groups is 2. The standard InChI is InChI=1S/C13H21NO5/c1-6-7-13(8-14-11(16)17-5)9(15)18-10(19-13)12(2,3)4/h6,10H,1,7-8H2,2-5H3,(H,14,16)/t10-,13+/m0/s1. The highest BCUT2D eigenvalue weighted by molar-refractivity contribution is 5.82. The van der Waals surface area contributed by atoms with Crippen LogP contribution in [0.25, 0.3) is 0 Å². The van der Waals surface area contributed by atoms with E-state index in [9.17, 15) is 9.59 Å². The third kappa shape index (κ3) is 3.47. The number of amides is 1. The molecule has 1 amide bonds. The maximum absolute atomic E-state index is 12.1. The van der Waals surface area contributed by atoms with Crippen molar-refractivity contribution in [3.63, 3.8) is 0 Å². The lowest BCUT2D eigenvalue weighted by molar-refractivity contribution is -0.155. The number of ether oxygens (including phenoxy) is 3. The Kier molecular flexibility index (Phi) is 4.57. The van der Waals surface area contributed by atoms with Crippen molar-refractivity contribution < 1.29 is 23.8 Å². The first-order chi connectivity index (χ1) is 8.75. The Bertz CT molecular complexity index is 374. The Morgan fingerprint density at radius 1 is 1.58 bits per heavy atom. The third-order valence-corrected chi connectivity index (χ3v) is 2.80. The van der Waals surface area contributed by atoms with Crippen LogP contribution in [-0.4, -0.2) is 37.6 Å². The van der Waals surface area contributed by atoms with Gasteiger partial charge in [-0.3, -0.25) is 0 Å². The van der Waals surface area contributed by atoms with Crippen LogP contribution in [0, 0.1) is 5.41 Å². The zero-order valence-corrected chi connectivity index (χ0v) is 11.8. The molecule has 108 valence electrons. The second-order valence-electron chi connectivity index (χ2n) is 5.55. The van der Waals surface area contributed by atoms with E-state index in [4.69, 9.17) is 9.47 Å². The molecule has 2 atom stereocenters. The number of hydrogen-bond donors (Lipinski definition) is 1. The summed E-state index contributed by atoms with van der Waals surface area (Å²) in [4.78, 5) is 23.2. The van der Waals surface area contributed by atoms with E-state index < -0.39 is 24.0 Å². The van der Waals surface area contributed by atoms with Crippen molar-refractivity contribution in [2.45, 2.75) is 39.1 Å². The average molecular weight is 271 g/mol. The molecule has 1 N–H and O–H groups in total. The largest absolute Gasteiger partial charge is 0.453 e. The van der Waals surface area contributed by atoms with Crippen LogP contribution in [0.4, 0.5) is 4.79 Å². The molecule has 1 fully saturated rings. The van der Waals surface area contributed by atoms with E-state index in [1.807, 2.05) is 20.8 Å². The molecular weight excluding hydrogens is 250 g/mol. The number of rotatable bonds is 4. The van der Waals surface area contributed by atoms with E-state index >= 15 is 0 Å². The Labute approximate surface area is 113 Å². The van der Waals surface area contributed by atoms with Crippen LogP contribution in [-0.2, 0) is 19.0 Å². The number of nitrogens with one attached hydrogen (secondary N) is 1. The molecule has 19 heavy (non-hydrogen) atoms. The summed E-state index contributed by atoms with van der Waals surface area (Å²) in [6, 6.07) is 0. The first-order valence-electron chi connectivity index (χ1n) is 6.07. The summed E-state index contributed by atoms with van der Waals surface area (Å²) in [5.74, 6) is -0.497. The molecule has 0 aromatic carbocycles. The minimum absolute atomic E-state index is 0.0168. The monoisotopic (exact) mass is 271 g/mol. The fraction of sp³-hybridized carbons (Fsp3) is 0.692. The van der Waals surface area contributed by atoms with Gasteiger partial charge in [0, 0.05) is 11.8 Å². The average Bonchev–Trinajstić information content (AvgIpc) is 2.65. The van der Waals surface area contributed by atoms with Gasteiger partial charge in [0.15, 0.2) is 5.60 Å². The highest BCUT2D eigenvalue weighted by Crippen LogP contribution is 2.36. The van der Waals surface area contributed by atoms with Crippen LogP contribution >= 0.6 is 0 Å². The zero-order chi connectivity index (χ0) is 14.7. The molecule has 1 heterocycles. The van der Waals surface area contributed by atoms with Gasteiger partial charge in [-0.15, -0.1) is 6.58 Å². The topological polar surface area (TPSA) is 73.9 Å². The van der Waals surface area contributed by atoms with E-state index in [2.05, 4.69) is 16.6 Å². The van der Waals surface area contributed by atoms with Gasteiger partial charge in [-0.2, -0.15) is 0 Å². The molecule has 0 aliphatic carbocycles. The molecule has 6 heteroatoms. The quantitative estimate of drug-likeness (QED) is 0.621. The van der Waals surface area contributed by atoms with E-state index in [-0.39, 0.29) is 18.4 Å². The summed E-state index contributed by atoms with van der Waals surface area (Å²) < 4.78 is 15.5. The highest BCUT2D eigenvalue weighted by Gasteiger charge is 2.52. The molecule has 1 aliphatic heterocycles. The second-order valence-corrected chi connectivity index (χ2v) is 5.55. The molecule has 0 aromatic rings. The van der Waals surface area contributed by atoms with Gasteiger partial charge >= 0.3 is 12.1 Å². The van der Waals surface area contributed by atoms with E-state index in [1.54, 1.807) is 6.08 Å². The van der Waals surface area contributed by atoms with Crippen molar-refractivity contribution in [3.8, 4) is 0 Å². The fourth-order valence-electron chi connectivity index (χ4n) is 1.67. The van der Waals surface area contributed by atoms with Crippen molar-refractivity contribution in [1.29, 1.82) is 0 Å². The minimum atomic E-state index is -1.23. The normalized spacial score (nSPS) is 26.7. The van der Waals surface area contributed by atoms with E-state index in [0.717, 1.165) is 0 Å². The van der Waals surface area contributed by atoms with Gasteiger partial charge in [0.25, 0.3) is 0 Å². The Hall–Kier alpha value is -1.56. The SMILES string of the molecule is C=CC[C@]1(CNC(=O)OC)O[C@@H](C(C)(C)C)OC1=O. The van der Waals surface area contributed by atoms with Crippen LogP contribution in [0.3, 0.4) is 0 Å². The number of carbonyl (C=O) groups excluding carboxylic acids is 2. The molecule has 0 aromatic heterocycles. The molecular formula is C13H21NO5. The Balaban J connectivity index is 2.84. The van der Waals surface area contributed by atoms with Crippen LogP contribution in [0.5, 0.6) is 0 Å². The summed E-state index contributed by atoms with van der Waals surface area (Å²) in [5.41, 5.74) is -1.57. The molecule has 1 rings (SSSR count). The maximum Gasteiger partial charge on any atom is 0.406 e. The smallest absolute Gasteiger partial charge is 0.406 e. The molecule has 0 bridgehead atoms. The molecule has 0 saturated carbocycles. The van der Waals surface area contributed by atoms with Crippen molar-refractivity contribution in [2.24, 2.45) is 5.41 Å². The first kappa shape index (κ1) is 15.5. The summed E-state index contributed by atoms with van der Waals surface area (Å²) in [7, 11) is 1.25. The van der Waals surface area contributed by atoms with Crippen molar-refractivity contribution >= 4 is 12.1 Å². The highest BCUT2D eigenvalue weighted by atomic mass is 16.8. The van der Waals surface area contributed by atoms with Crippen LogP contribution in [0.15, 0.2) is 12.7 Å². The lowest BCUT2D eigenvalue weighted by Gasteiger charge is -2.27. The van der Waals surface area contributed by atoms with Crippen molar-refractivity contribution in [1.82, 2.24) is 5.32 Å². The lowest BCUT2D eigenvalue weighted by atomic mass is 9.95. The van der Waals surface area contributed by atoms with Crippen molar-refractivity contribution in [3.05, 3.63) is 12.7 Å². The summed E-state index contributed by atoms with van der Waals surface area (Å²) in [6.07, 6.45) is 0.534. The number of cyclic esters (lactones) is 1. The predicted molar refractivity (Wildman–Crippen MR) is 68.4 cm³/mol. The molecule has 0 unspecified atom stereocenters. The third-order valence-electron chi connectivity index (χ3n) is 2.80. The molecule has 1 saturated heterocycles. The molecule has 1 aliphatic rings. The Morgan fingerprint density at radius 2 is 2.21 bits per heavy atom. The number of hydrogen-bond acceptors (Lipinski definition) is 5. The van der Waals surface area contributed by atoms with Gasteiger partial charge in [-0.05, 0) is 0 Å². The summed E-state index contributed by atoms with van der Waals surface area (Å²) in [5, 5.41) is 2.47. The van der Waals surface area contributed by atoms with Crippen LogP contribution < -0.4 is 5.32 Å². The molecule has 0 spiro atoms. The minimum Gasteiger partial charge on any atom is -0.453 e. The first-order valence-corrected chi connectivity index (χ1v) is 6.07. The number of alkyl carbamates (subject to hydrolysis) is 1. The van der Waals surface area contributed by atoms with Gasteiger partial charge in [0.2, 0.25) is 6.29 Å². The molecule has 6 nitrogen and oxygen atoms in total. The van der Waals surface area contributed by atoms with Gasteiger partial charge in [0.1, 0.15) is 0 Å². The Morgan fingerprint density at radius 3 is 2.63 bits per heavy atom. The summed E-state index contributed by atoms with van der Waals surface area (Å²) in [6.45, 7) is 9.31. The predicted octanol–water partition coefficient (Wildman–Crippen LogP) is 1.60. The number of methoxy groups -OCH3 is 1.